The molecule has 0 aromatic heterocycles. The van der Waals surface area contributed by atoms with Gasteiger partial charge >= 0.3 is 0 Å². The van der Waals surface area contributed by atoms with E-state index in [1.807, 2.05) is 36.4 Å². The Morgan fingerprint density at radius 3 is 2.28 bits per heavy atom. The largest absolute Gasteiger partial charge is 0.382 e. The molecule has 2 aromatic carbocycles. The number of hydrogen-bond donors (Lipinski definition) is 1. The number of piperidine rings is 1. The van der Waals surface area contributed by atoms with E-state index in [0.717, 1.165) is 30.5 Å². The summed E-state index contributed by atoms with van der Waals surface area (Å²) in [5, 5.41) is 3.28. The van der Waals surface area contributed by atoms with Crippen molar-refractivity contribution in [3.8, 4) is 0 Å². The minimum absolute atomic E-state index is 0.375. The second-order valence-electron chi connectivity index (χ2n) is 6.18. The molecule has 0 atom stereocenters. The topological polar surface area (TPSA) is 49.4 Å². The van der Waals surface area contributed by atoms with Gasteiger partial charge in [0.1, 0.15) is 0 Å². The quantitative estimate of drug-likeness (QED) is 0.851. The minimum atomic E-state index is -3.35. The maximum Gasteiger partial charge on any atom is 0.243 e. The number of nitrogens with one attached hydrogen (secondary N) is 1. The SMILES string of the molecule is O=S(=O)(c1ccc(NC/C=C/c2ccccc2)cc1)N1CCCCC1. The zero-order valence-electron chi connectivity index (χ0n) is 14.3. The van der Waals surface area contributed by atoms with Crippen LogP contribution in [0, 0.1) is 0 Å². The van der Waals surface area contributed by atoms with Gasteiger partial charge in [-0.25, -0.2) is 8.42 Å². The van der Waals surface area contributed by atoms with Crippen LogP contribution >= 0.6 is 0 Å². The van der Waals surface area contributed by atoms with Gasteiger partial charge in [-0.3, -0.25) is 0 Å². The molecule has 0 aliphatic carbocycles. The Morgan fingerprint density at radius 2 is 1.60 bits per heavy atom. The van der Waals surface area contributed by atoms with Crippen molar-refractivity contribution in [2.75, 3.05) is 25.0 Å². The summed E-state index contributed by atoms with van der Waals surface area (Å²) in [7, 11) is -3.35. The normalized spacial score (nSPS) is 16.2. The van der Waals surface area contributed by atoms with Crippen molar-refractivity contribution in [1.82, 2.24) is 4.31 Å². The van der Waals surface area contributed by atoms with Crippen LogP contribution in [0.1, 0.15) is 24.8 Å². The number of nitrogens with zero attached hydrogens (tertiary/aromatic N) is 1. The molecule has 0 spiro atoms. The minimum Gasteiger partial charge on any atom is -0.382 e. The Labute approximate surface area is 150 Å². The van der Waals surface area contributed by atoms with Crippen molar-refractivity contribution in [1.29, 1.82) is 0 Å². The first kappa shape index (κ1) is 17.7. The number of anilines is 1. The van der Waals surface area contributed by atoms with Crippen LogP contribution in [0.15, 0.2) is 65.6 Å². The van der Waals surface area contributed by atoms with Crippen LogP contribution in [0.2, 0.25) is 0 Å². The van der Waals surface area contributed by atoms with Gasteiger partial charge in [-0.05, 0) is 42.7 Å². The van der Waals surface area contributed by atoms with E-state index in [-0.39, 0.29) is 0 Å². The van der Waals surface area contributed by atoms with Gasteiger partial charge in [0, 0.05) is 25.3 Å². The molecule has 4 nitrogen and oxygen atoms in total. The summed E-state index contributed by atoms with van der Waals surface area (Å²) in [5.74, 6) is 0. The van der Waals surface area contributed by atoms with Crippen molar-refractivity contribution in [3.63, 3.8) is 0 Å². The summed E-state index contributed by atoms with van der Waals surface area (Å²) >= 11 is 0. The lowest BCUT2D eigenvalue weighted by Gasteiger charge is -2.25. The van der Waals surface area contributed by atoms with Gasteiger partial charge in [0.05, 0.1) is 4.90 Å². The third kappa shape index (κ3) is 4.71. The molecule has 0 radical (unpaired) electrons. The first-order valence-electron chi connectivity index (χ1n) is 8.72. The third-order valence-corrected chi connectivity index (χ3v) is 6.25. The van der Waals surface area contributed by atoms with E-state index in [4.69, 9.17) is 0 Å². The first-order chi connectivity index (χ1) is 12.2. The highest BCUT2D eigenvalue weighted by Crippen LogP contribution is 2.21. The van der Waals surface area contributed by atoms with Crippen molar-refractivity contribution in [2.45, 2.75) is 24.2 Å². The number of rotatable bonds is 6. The Bertz CT molecular complexity index is 793. The third-order valence-electron chi connectivity index (χ3n) is 4.34. The summed E-state index contributed by atoms with van der Waals surface area (Å²) in [6.45, 7) is 1.95. The summed E-state index contributed by atoms with van der Waals surface area (Å²) in [6, 6.07) is 17.1. The molecule has 2 aromatic rings. The molecule has 5 heteroatoms. The van der Waals surface area contributed by atoms with E-state index < -0.39 is 10.0 Å². The summed E-state index contributed by atoms with van der Waals surface area (Å²) in [6.07, 6.45) is 7.13. The Hall–Kier alpha value is -2.11. The molecule has 25 heavy (non-hydrogen) atoms. The van der Waals surface area contributed by atoms with Crippen LogP contribution in [0.5, 0.6) is 0 Å². The van der Waals surface area contributed by atoms with Crippen LogP contribution in [0.4, 0.5) is 5.69 Å². The van der Waals surface area contributed by atoms with E-state index in [0.29, 0.717) is 24.5 Å². The van der Waals surface area contributed by atoms with Gasteiger partial charge in [0.25, 0.3) is 0 Å². The van der Waals surface area contributed by atoms with E-state index in [1.165, 1.54) is 0 Å². The fourth-order valence-electron chi connectivity index (χ4n) is 2.94. The Morgan fingerprint density at radius 1 is 0.920 bits per heavy atom. The predicted octanol–water partition coefficient (Wildman–Crippen LogP) is 3.99. The molecule has 132 valence electrons. The number of benzene rings is 2. The number of sulfonamides is 1. The molecule has 0 bridgehead atoms. The van der Waals surface area contributed by atoms with Gasteiger partial charge in [0.2, 0.25) is 10.0 Å². The highest BCUT2D eigenvalue weighted by Gasteiger charge is 2.25. The zero-order valence-corrected chi connectivity index (χ0v) is 15.1. The molecule has 1 aliphatic rings. The van der Waals surface area contributed by atoms with Crippen molar-refractivity contribution in [3.05, 3.63) is 66.2 Å². The maximum atomic E-state index is 12.6. The second-order valence-corrected chi connectivity index (χ2v) is 8.12. The van der Waals surface area contributed by atoms with E-state index in [2.05, 4.69) is 23.5 Å². The average Bonchev–Trinajstić information content (AvgIpc) is 2.67. The van der Waals surface area contributed by atoms with Crippen LogP contribution in [0.3, 0.4) is 0 Å². The van der Waals surface area contributed by atoms with Crippen LogP contribution < -0.4 is 5.32 Å². The molecule has 3 rings (SSSR count). The molecule has 1 fully saturated rings. The van der Waals surface area contributed by atoms with Crippen LogP contribution in [-0.4, -0.2) is 32.4 Å². The first-order valence-corrected chi connectivity index (χ1v) is 10.2. The molecule has 1 N–H and O–H groups in total. The maximum absolute atomic E-state index is 12.6. The number of hydrogen-bond acceptors (Lipinski definition) is 3. The van der Waals surface area contributed by atoms with E-state index in [9.17, 15) is 8.42 Å². The van der Waals surface area contributed by atoms with E-state index in [1.54, 1.807) is 16.4 Å². The average molecular weight is 356 g/mol. The lowest BCUT2D eigenvalue weighted by molar-refractivity contribution is 0.346. The monoisotopic (exact) mass is 356 g/mol. The molecule has 1 saturated heterocycles. The standard InChI is InChI=1S/C20H24N2O2S/c23-25(24,22-16-5-2-6-17-22)20-13-11-19(12-14-20)21-15-7-10-18-8-3-1-4-9-18/h1,3-4,7-14,21H,2,5-6,15-17H2/b10-7+. The summed E-state index contributed by atoms with van der Waals surface area (Å²) in [5.41, 5.74) is 2.07. The fourth-order valence-corrected chi connectivity index (χ4v) is 4.45. The van der Waals surface area contributed by atoms with Gasteiger partial charge in [-0.2, -0.15) is 4.31 Å². The molecule has 0 amide bonds. The lowest BCUT2D eigenvalue weighted by atomic mass is 10.2. The lowest BCUT2D eigenvalue weighted by Crippen LogP contribution is -2.35. The van der Waals surface area contributed by atoms with Crippen molar-refractivity contribution < 1.29 is 8.42 Å². The molecule has 1 heterocycles. The van der Waals surface area contributed by atoms with Crippen LogP contribution in [-0.2, 0) is 10.0 Å². The summed E-state index contributed by atoms with van der Waals surface area (Å²) in [4.78, 5) is 0.375. The Balaban J connectivity index is 1.57. The molecular weight excluding hydrogens is 332 g/mol. The smallest absolute Gasteiger partial charge is 0.243 e. The molecule has 0 saturated carbocycles. The van der Waals surface area contributed by atoms with Gasteiger partial charge in [-0.15, -0.1) is 0 Å². The van der Waals surface area contributed by atoms with Crippen molar-refractivity contribution in [2.24, 2.45) is 0 Å². The molecular formula is C20H24N2O2S. The highest BCUT2D eigenvalue weighted by atomic mass is 32.2. The molecule has 0 unspecified atom stereocenters. The highest BCUT2D eigenvalue weighted by molar-refractivity contribution is 7.89. The van der Waals surface area contributed by atoms with Gasteiger partial charge in [-0.1, -0.05) is 48.9 Å². The van der Waals surface area contributed by atoms with Gasteiger partial charge < -0.3 is 5.32 Å². The predicted molar refractivity (Wildman–Crippen MR) is 103 cm³/mol. The second kappa shape index (κ2) is 8.32. The fraction of sp³-hybridized carbons (Fsp3) is 0.300. The molecule has 1 aliphatic heterocycles. The summed E-state index contributed by atoms with van der Waals surface area (Å²) < 4.78 is 26.8. The van der Waals surface area contributed by atoms with Gasteiger partial charge in [0.15, 0.2) is 0 Å². The van der Waals surface area contributed by atoms with E-state index >= 15 is 0 Å². The van der Waals surface area contributed by atoms with Crippen molar-refractivity contribution >= 4 is 21.8 Å². The zero-order chi connectivity index (χ0) is 17.5. The van der Waals surface area contributed by atoms with Crippen LogP contribution in [0.25, 0.3) is 6.08 Å². The Kier molecular flexibility index (Phi) is 5.89.